The first-order chi connectivity index (χ1) is 14.9. The van der Waals surface area contributed by atoms with Gasteiger partial charge in [0.2, 0.25) is 11.8 Å². The number of hydrogen-bond donors (Lipinski definition) is 3. The van der Waals surface area contributed by atoms with Crippen LogP contribution in [-0.2, 0) is 9.59 Å². The van der Waals surface area contributed by atoms with E-state index in [9.17, 15) is 19.5 Å². The van der Waals surface area contributed by atoms with Crippen molar-refractivity contribution in [3.63, 3.8) is 0 Å². The number of benzene rings is 2. The summed E-state index contributed by atoms with van der Waals surface area (Å²) in [7, 11) is 0. The Hall–Kier alpha value is -3.10. The molecule has 0 radical (unpaired) electrons. The fraction of sp³-hybridized carbons (Fsp3) is 0.318. The number of carboxylic acids is 1. The largest absolute Gasteiger partial charge is 0.478 e. The van der Waals surface area contributed by atoms with E-state index < -0.39 is 5.97 Å². The molecule has 1 fully saturated rings. The van der Waals surface area contributed by atoms with Crippen molar-refractivity contribution in [2.75, 3.05) is 48.3 Å². The molecule has 0 spiro atoms. The van der Waals surface area contributed by atoms with Crippen molar-refractivity contribution in [1.82, 2.24) is 4.90 Å². The maximum Gasteiger partial charge on any atom is 0.337 e. The molecule has 31 heavy (non-hydrogen) atoms. The average Bonchev–Trinajstić information content (AvgIpc) is 2.76. The van der Waals surface area contributed by atoms with Crippen molar-refractivity contribution in [1.29, 1.82) is 0 Å². The number of amides is 2. The molecule has 3 N–H and O–H groups in total. The van der Waals surface area contributed by atoms with Gasteiger partial charge >= 0.3 is 5.97 Å². The highest BCUT2D eigenvalue weighted by Crippen LogP contribution is 2.25. The van der Waals surface area contributed by atoms with Gasteiger partial charge in [-0.05, 0) is 30.3 Å². The highest BCUT2D eigenvalue weighted by molar-refractivity contribution is 6.33. The zero-order valence-corrected chi connectivity index (χ0v) is 18.0. The number of aromatic carboxylic acids is 1. The maximum absolute atomic E-state index is 12.3. The lowest BCUT2D eigenvalue weighted by Gasteiger charge is -2.36. The molecule has 0 saturated carbocycles. The van der Waals surface area contributed by atoms with Gasteiger partial charge in [-0.15, -0.1) is 0 Å². The Morgan fingerprint density at radius 1 is 0.968 bits per heavy atom. The van der Waals surface area contributed by atoms with E-state index in [0.717, 1.165) is 5.69 Å². The minimum atomic E-state index is -1.09. The number of halogens is 1. The molecular weight excluding hydrogens is 420 g/mol. The molecule has 2 aromatic carbocycles. The van der Waals surface area contributed by atoms with Crippen LogP contribution in [0.3, 0.4) is 0 Å². The summed E-state index contributed by atoms with van der Waals surface area (Å²) in [5.74, 6) is -1.47. The first kappa shape index (κ1) is 22.6. The predicted molar refractivity (Wildman–Crippen MR) is 121 cm³/mol. The summed E-state index contributed by atoms with van der Waals surface area (Å²) in [4.78, 5) is 39.7. The Bertz CT molecular complexity index is 974. The molecule has 9 heteroatoms. The summed E-state index contributed by atoms with van der Waals surface area (Å²) in [5, 5.41) is 15.5. The van der Waals surface area contributed by atoms with Crippen molar-refractivity contribution in [2.24, 2.45) is 0 Å². The summed E-state index contributed by atoms with van der Waals surface area (Å²) in [5.41, 5.74) is 1.70. The molecular formula is C22H25ClN4O4. The monoisotopic (exact) mass is 444 g/mol. The molecule has 164 valence electrons. The van der Waals surface area contributed by atoms with Crippen LogP contribution < -0.4 is 15.5 Å². The quantitative estimate of drug-likeness (QED) is 0.606. The van der Waals surface area contributed by atoms with Crippen LogP contribution in [0.15, 0.2) is 42.5 Å². The second-order valence-corrected chi connectivity index (χ2v) is 7.64. The molecule has 1 aliphatic heterocycles. The zero-order chi connectivity index (χ0) is 22.4. The van der Waals surface area contributed by atoms with Gasteiger partial charge in [-0.3, -0.25) is 14.5 Å². The number of anilines is 3. The Morgan fingerprint density at radius 3 is 2.29 bits per heavy atom. The van der Waals surface area contributed by atoms with Crippen LogP contribution in [0.2, 0.25) is 5.02 Å². The Balaban J connectivity index is 1.58. The third kappa shape index (κ3) is 5.96. The summed E-state index contributed by atoms with van der Waals surface area (Å²) in [6.45, 7) is 4.58. The molecule has 2 amide bonds. The van der Waals surface area contributed by atoms with Crippen molar-refractivity contribution in [2.45, 2.75) is 13.3 Å². The number of para-hydroxylation sites is 1. The van der Waals surface area contributed by atoms with Gasteiger partial charge in [0.15, 0.2) is 0 Å². The van der Waals surface area contributed by atoms with Gasteiger partial charge in [0.05, 0.1) is 28.5 Å². The SMILES string of the molecule is CCC(=O)Nc1ccc(N2CCN(CC(=O)Nc3ccccc3Cl)CC2)cc1C(=O)O. The number of rotatable bonds is 7. The van der Waals surface area contributed by atoms with E-state index in [0.29, 0.717) is 36.9 Å². The van der Waals surface area contributed by atoms with E-state index in [4.69, 9.17) is 11.6 Å². The van der Waals surface area contributed by atoms with E-state index in [-0.39, 0.29) is 36.0 Å². The standard InChI is InChI=1S/C22H25ClN4O4/c1-2-20(28)24-18-8-7-15(13-16(18)22(30)31)27-11-9-26(10-12-27)14-21(29)25-19-6-4-3-5-17(19)23/h3-8,13H,2,9-12,14H2,1H3,(H,24,28)(H,25,29)(H,30,31). The van der Waals surface area contributed by atoms with Gasteiger partial charge in [-0.2, -0.15) is 0 Å². The van der Waals surface area contributed by atoms with Crippen LogP contribution in [0.25, 0.3) is 0 Å². The summed E-state index contributed by atoms with van der Waals surface area (Å²) >= 11 is 6.08. The molecule has 1 aliphatic rings. The van der Waals surface area contributed by atoms with Crippen LogP contribution in [0, 0.1) is 0 Å². The van der Waals surface area contributed by atoms with E-state index in [2.05, 4.69) is 15.5 Å². The number of nitrogens with one attached hydrogen (secondary N) is 2. The number of piperazine rings is 1. The Kier molecular flexibility index (Phi) is 7.49. The van der Waals surface area contributed by atoms with Crippen LogP contribution >= 0.6 is 11.6 Å². The minimum absolute atomic E-state index is 0.0563. The van der Waals surface area contributed by atoms with E-state index in [1.807, 2.05) is 11.0 Å². The van der Waals surface area contributed by atoms with Crippen LogP contribution in [-0.4, -0.2) is 60.5 Å². The highest BCUT2D eigenvalue weighted by Gasteiger charge is 2.21. The lowest BCUT2D eigenvalue weighted by Crippen LogP contribution is -2.48. The highest BCUT2D eigenvalue weighted by atomic mass is 35.5. The topological polar surface area (TPSA) is 102 Å². The molecule has 3 rings (SSSR count). The van der Waals surface area contributed by atoms with Crippen molar-refractivity contribution < 1.29 is 19.5 Å². The summed E-state index contributed by atoms with van der Waals surface area (Å²) in [6.07, 6.45) is 0.271. The maximum atomic E-state index is 12.3. The van der Waals surface area contributed by atoms with Crippen molar-refractivity contribution in [3.8, 4) is 0 Å². The number of carbonyl (C=O) groups is 3. The van der Waals surface area contributed by atoms with Crippen LogP contribution in [0.5, 0.6) is 0 Å². The van der Waals surface area contributed by atoms with E-state index in [1.165, 1.54) is 0 Å². The van der Waals surface area contributed by atoms with Gasteiger partial charge in [-0.1, -0.05) is 30.7 Å². The molecule has 0 bridgehead atoms. The van der Waals surface area contributed by atoms with E-state index >= 15 is 0 Å². The number of carbonyl (C=O) groups excluding carboxylic acids is 2. The molecule has 0 aliphatic carbocycles. The second-order valence-electron chi connectivity index (χ2n) is 7.23. The first-order valence-electron chi connectivity index (χ1n) is 10.1. The molecule has 0 unspecified atom stereocenters. The number of carboxylic acid groups (broad SMARTS) is 1. The lowest BCUT2D eigenvalue weighted by atomic mass is 10.1. The molecule has 1 saturated heterocycles. The molecule has 2 aromatic rings. The lowest BCUT2D eigenvalue weighted by molar-refractivity contribution is -0.117. The second kappa shape index (κ2) is 10.3. The molecule has 0 atom stereocenters. The number of hydrogen-bond acceptors (Lipinski definition) is 5. The summed E-state index contributed by atoms with van der Waals surface area (Å²) in [6, 6.07) is 12.1. The third-order valence-corrected chi connectivity index (χ3v) is 5.41. The van der Waals surface area contributed by atoms with Gasteiger partial charge in [0, 0.05) is 38.3 Å². The molecule has 8 nitrogen and oxygen atoms in total. The Morgan fingerprint density at radius 2 is 1.65 bits per heavy atom. The normalized spacial score (nSPS) is 14.2. The Labute approximate surface area is 185 Å². The fourth-order valence-corrected chi connectivity index (χ4v) is 3.56. The van der Waals surface area contributed by atoms with Crippen molar-refractivity contribution >= 4 is 46.4 Å². The van der Waals surface area contributed by atoms with Crippen LogP contribution in [0.1, 0.15) is 23.7 Å². The van der Waals surface area contributed by atoms with Gasteiger partial charge < -0.3 is 20.6 Å². The van der Waals surface area contributed by atoms with Gasteiger partial charge in [0.25, 0.3) is 0 Å². The average molecular weight is 445 g/mol. The van der Waals surface area contributed by atoms with Crippen molar-refractivity contribution in [3.05, 3.63) is 53.1 Å². The molecule has 0 aromatic heterocycles. The smallest absolute Gasteiger partial charge is 0.337 e. The molecule has 1 heterocycles. The van der Waals surface area contributed by atoms with Gasteiger partial charge in [-0.25, -0.2) is 4.79 Å². The summed E-state index contributed by atoms with van der Waals surface area (Å²) < 4.78 is 0. The van der Waals surface area contributed by atoms with Crippen LogP contribution in [0.4, 0.5) is 17.1 Å². The zero-order valence-electron chi connectivity index (χ0n) is 17.2. The number of nitrogens with zero attached hydrogens (tertiary/aromatic N) is 2. The first-order valence-corrected chi connectivity index (χ1v) is 10.4. The predicted octanol–water partition coefficient (Wildman–Crippen LogP) is 3.15. The third-order valence-electron chi connectivity index (χ3n) is 5.08. The minimum Gasteiger partial charge on any atom is -0.478 e. The fourth-order valence-electron chi connectivity index (χ4n) is 3.37. The van der Waals surface area contributed by atoms with Gasteiger partial charge in [0.1, 0.15) is 0 Å². The van der Waals surface area contributed by atoms with E-state index in [1.54, 1.807) is 43.3 Å².